The van der Waals surface area contributed by atoms with Gasteiger partial charge in [-0.3, -0.25) is 4.79 Å². The van der Waals surface area contributed by atoms with Crippen LogP contribution < -0.4 is 5.32 Å². The SMILES string of the molecule is Cc1cccc(-c2ccc(CNC(=O)C3CCn4ccnc4C3)cc2)c1. The number of benzene rings is 2. The molecule has 4 nitrogen and oxygen atoms in total. The molecule has 1 aliphatic rings. The number of imidazole rings is 1. The number of fused-ring (bicyclic) bond motifs is 1. The Morgan fingerprint density at radius 3 is 2.85 bits per heavy atom. The van der Waals surface area contributed by atoms with Gasteiger partial charge in [0.1, 0.15) is 5.82 Å². The van der Waals surface area contributed by atoms with E-state index in [2.05, 4.69) is 70.3 Å². The highest BCUT2D eigenvalue weighted by atomic mass is 16.1. The molecule has 2 heterocycles. The fourth-order valence-electron chi connectivity index (χ4n) is 3.55. The highest BCUT2D eigenvalue weighted by molar-refractivity contribution is 5.79. The number of nitrogens with one attached hydrogen (secondary N) is 1. The summed E-state index contributed by atoms with van der Waals surface area (Å²) < 4.78 is 2.13. The Morgan fingerprint density at radius 2 is 2.04 bits per heavy atom. The Labute approximate surface area is 153 Å². The topological polar surface area (TPSA) is 46.9 Å². The predicted molar refractivity (Wildman–Crippen MR) is 102 cm³/mol. The first-order valence-corrected chi connectivity index (χ1v) is 9.13. The highest BCUT2D eigenvalue weighted by Gasteiger charge is 2.24. The number of aromatic nitrogens is 2. The van der Waals surface area contributed by atoms with E-state index in [1.165, 1.54) is 16.7 Å². The van der Waals surface area contributed by atoms with Crippen LogP contribution in [0.2, 0.25) is 0 Å². The fourth-order valence-corrected chi connectivity index (χ4v) is 3.55. The molecule has 0 fully saturated rings. The van der Waals surface area contributed by atoms with Gasteiger partial charge >= 0.3 is 0 Å². The Hall–Kier alpha value is -2.88. The van der Waals surface area contributed by atoms with Crippen molar-refractivity contribution in [3.8, 4) is 11.1 Å². The average molecular weight is 345 g/mol. The highest BCUT2D eigenvalue weighted by Crippen LogP contribution is 2.22. The van der Waals surface area contributed by atoms with Gasteiger partial charge in [0.2, 0.25) is 5.91 Å². The molecule has 1 aliphatic heterocycles. The number of carbonyl (C=O) groups excluding carboxylic acids is 1. The zero-order valence-electron chi connectivity index (χ0n) is 15.0. The van der Waals surface area contributed by atoms with Crippen molar-refractivity contribution in [2.24, 2.45) is 5.92 Å². The molecule has 1 aromatic heterocycles. The number of aryl methyl sites for hydroxylation is 2. The van der Waals surface area contributed by atoms with Crippen LogP contribution in [-0.2, 0) is 24.3 Å². The van der Waals surface area contributed by atoms with Crippen molar-refractivity contribution in [3.63, 3.8) is 0 Å². The van der Waals surface area contributed by atoms with Crippen molar-refractivity contribution in [1.29, 1.82) is 0 Å². The molecule has 0 spiro atoms. The van der Waals surface area contributed by atoms with Crippen molar-refractivity contribution in [1.82, 2.24) is 14.9 Å². The molecule has 2 aromatic carbocycles. The third-order valence-electron chi connectivity index (χ3n) is 5.09. The summed E-state index contributed by atoms with van der Waals surface area (Å²) in [7, 11) is 0. The van der Waals surface area contributed by atoms with Crippen LogP contribution in [0, 0.1) is 12.8 Å². The second-order valence-electron chi connectivity index (χ2n) is 7.01. The molecule has 1 unspecified atom stereocenters. The Morgan fingerprint density at radius 1 is 1.19 bits per heavy atom. The third-order valence-corrected chi connectivity index (χ3v) is 5.09. The molecule has 26 heavy (non-hydrogen) atoms. The maximum atomic E-state index is 12.5. The van der Waals surface area contributed by atoms with Crippen LogP contribution in [0.15, 0.2) is 60.9 Å². The molecule has 1 atom stereocenters. The molecule has 4 rings (SSSR count). The minimum Gasteiger partial charge on any atom is -0.352 e. The van der Waals surface area contributed by atoms with E-state index < -0.39 is 0 Å². The Balaban J connectivity index is 1.35. The molecule has 0 saturated carbocycles. The van der Waals surface area contributed by atoms with Gasteiger partial charge in [-0.05, 0) is 30.0 Å². The van der Waals surface area contributed by atoms with Gasteiger partial charge in [-0.1, -0.05) is 54.1 Å². The lowest BCUT2D eigenvalue weighted by Crippen LogP contribution is -2.35. The summed E-state index contributed by atoms with van der Waals surface area (Å²) in [5.41, 5.74) is 4.79. The Kier molecular flexibility index (Phi) is 4.57. The maximum absolute atomic E-state index is 12.5. The number of hydrogen-bond acceptors (Lipinski definition) is 2. The number of rotatable bonds is 4. The summed E-state index contributed by atoms with van der Waals surface area (Å²) in [6, 6.07) is 16.9. The lowest BCUT2D eigenvalue weighted by atomic mass is 9.96. The van der Waals surface area contributed by atoms with Crippen LogP contribution in [-0.4, -0.2) is 15.5 Å². The van der Waals surface area contributed by atoms with Crippen molar-refractivity contribution < 1.29 is 4.79 Å². The Bertz CT molecular complexity index is 911. The van der Waals surface area contributed by atoms with Crippen LogP contribution in [0.1, 0.15) is 23.4 Å². The predicted octanol–water partition coefficient (Wildman–Crippen LogP) is 3.74. The number of hydrogen-bond donors (Lipinski definition) is 1. The van der Waals surface area contributed by atoms with E-state index in [9.17, 15) is 4.79 Å². The maximum Gasteiger partial charge on any atom is 0.223 e. The molecule has 4 heteroatoms. The van der Waals surface area contributed by atoms with E-state index in [0.717, 1.165) is 30.8 Å². The van der Waals surface area contributed by atoms with Crippen molar-refractivity contribution in [2.75, 3.05) is 0 Å². The number of amides is 1. The normalized spacial score (nSPS) is 16.1. The van der Waals surface area contributed by atoms with Crippen molar-refractivity contribution in [3.05, 3.63) is 77.9 Å². The van der Waals surface area contributed by atoms with E-state index in [-0.39, 0.29) is 11.8 Å². The first kappa shape index (κ1) is 16.6. The first-order chi connectivity index (χ1) is 12.7. The van der Waals surface area contributed by atoms with E-state index in [1.54, 1.807) is 0 Å². The van der Waals surface area contributed by atoms with Gasteiger partial charge in [-0.2, -0.15) is 0 Å². The number of nitrogens with zero attached hydrogens (tertiary/aromatic N) is 2. The van der Waals surface area contributed by atoms with Crippen LogP contribution in [0.5, 0.6) is 0 Å². The van der Waals surface area contributed by atoms with Crippen molar-refractivity contribution in [2.45, 2.75) is 32.9 Å². The molecule has 0 aliphatic carbocycles. The molecular formula is C22H23N3O. The fraction of sp³-hybridized carbons (Fsp3) is 0.273. The van der Waals surface area contributed by atoms with Gasteiger partial charge in [0, 0.05) is 37.8 Å². The summed E-state index contributed by atoms with van der Waals surface area (Å²) >= 11 is 0. The van der Waals surface area contributed by atoms with E-state index >= 15 is 0 Å². The van der Waals surface area contributed by atoms with Gasteiger partial charge < -0.3 is 9.88 Å². The van der Waals surface area contributed by atoms with Gasteiger partial charge in [0.25, 0.3) is 0 Å². The quantitative estimate of drug-likeness (QED) is 0.783. The molecule has 1 amide bonds. The van der Waals surface area contributed by atoms with Crippen LogP contribution in [0.4, 0.5) is 0 Å². The van der Waals surface area contributed by atoms with Crippen LogP contribution >= 0.6 is 0 Å². The standard InChI is InChI=1S/C22H23N3O/c1-16-3-2-4-19(13-16)18-7-5-17(6-8-18)15-24-22(26)20-9-11-25-12-10-23-21(25)14-20/h2-8,10,12-13,20H,9,11,14-15H2,1H3,(H,24,26). The summed E-state index contributed by atoms with van der Waals surface area (Å²) in [5, 5.41) is 3.08. The van der Waals surface area contributed by atoms with E-state index in [4.69, 9.17) is 0 Å². The van der Waals surface area contributed by atoms with E-state index in [0.29, 0.717) is 6.54 Å². The molecule has 0 saturated heterocycles. The van der Waals surface area contributed by atoms with Crippen molar-refractivity contribution >= 4 is 5.91 Å². The number of carbonyl (C=O) groups is 1. The monoisotopic (exact) mass is 345 g/mol. The second-order valence-corrected chi connectivity index (χ2v) is 7.01. The van der Waals surface area contributed by atoms with Crippen LogP contribution in [0.25, 0.3) is 11.1 Å². The average Bonchev–Trinajstić information content (AvgIpc) is 3.14. The summed E-state index contributed by atoms with van der Waals surface area (Å²) in [6.07, 6.45) is 5.40. The summed E-state index contributed by atoms with van der Waals surface area (Å²) in [5.74, 6) is 1.16. The van der Waals surface area contributed by atoms with Gasteiger partial charge in [0.15, 0.2) is 0 Å². The van der Waals surface area contributed by atoms with E-state index in [1.807, 2.05) is 12.4 Å². The van der Waals surface area contributed by atoms with Gasteiger partial charge in [-0.25, -0.2) is 4.98 Å². The minimum atomic E-state index is 0.0245. The molecule has 0 bridgehead atoms. The largest absolute Gasteiger partial charge is 0.352 e. The van der Waals surface area contributed by atoms with Gasteiger partial charge in [0.05, 0.1) is 0 Å². The summed E-state index contributed by atoms with van der Waals surface area (Å²) in [4.78, 5) is 16.8. The molecule has 1 N–H and O–H groups in total. The molecule has 0 radical (unpaired) electrons. The second kappa shape index (κ2) is 7.16. The zero-order chi connectivity index (χ0) is 17.9. The van der Waals surface area contributed by atoms with Gasteiger partial charge in [-0.15, -0.1) is 0 Å². The third kappa shape index (κ3) is 3.54. The lowest BCUT2D eigenvalue weighted by Gasteiger charge is -2.22. The zero-order valence-corrected chi connectivity index (χ0v) is 15.0. The van der Waals surface area contributed by atoms with Crippen LogP contribution in [0.3, 0.4) is 0 Å². The summed E-state index contributed by atoms with van der Waals surface area (Å²) in [6.45, 7) is 3.54. The molecule has 132 valence electrons. The minimum absolute atomic E-state index is 0.0245. The molecular weight excluding hydrogens is 322 g/mol. The first-order valence-electron chi connectivity index (χ1n) is 9.13. The molecule has 3 aromatic rings. The lowest BCUT2D eigenvalue weighted by molar-refractivity contribution is -0.125. The smallest absolute Gasteiger partial charge is 0.223 e.